The van der Waals surface area contributed by atoms with Gasteiger partial charge in [0.25, 0.3) is 6.43 Å². The Balaban J connectivity index is 2.77. The van der Waals surface area contributed by atoms with E-state index in [4.69, 9.17) is 9.47 Å². The van der Waals surface area contributed by atoms with Crippen LogP contribution in [-0.2, 0) is 11.3 Å². The van der Waals surface area contributed by atoms with Crippen molar-refractivity contribution in [2.45, 2.75) is 26.8 Å². The zero-order valence-corrected chi connectivity index (χ0v) is 13.9. The average molecular weight is 329 g/mol. The molecule has 0 aromatic heterocycles. The number of ether oxygens (including phenoxy) is 2. The van der Waals surface area contributed by atoms with Crippen LogP contribution in [0, 0.1) is 6.92 Å². The monoisotopic (exact) mass is 329 g/mol. The second kappa shape index (κ2) is 10.8. The van der Waals surface area contributed by atoms with Crippen molar-refractivity contribution in [1.29, 1.82) is 0 Å². The number of hydrogen-bond donors (Lipinski definition) is 2. The van der Waals surface area contributed by atoms with Gasteiger partial charge in [0, 0.05) is 19.2 Å². The Morgan fingerprint density at radius 3 is 2.70 bits per heavy atom. The summed E-state index contributed by atoms with van der Waals surface area (Å²) in [7, 11) is 1.61. The van der Waals surface area contributed by atoms with Crippen molar-refractivity contribution in [3.63, 3.8) is 0 Å². The third kappa shape index (κ3) is 7.78. The molecule has 7 heteroatoms. The van der Waals surface area contributed by atoms with E-state index in [0.29, 0.717) is 32.3 Å². The van der Waals surface area contributed by atoms with Crippen LogP contribution in [-0.4, -0.2) is 45.8 Å². The highest BCUT2D eigenvalue weighted by Crippen LogP contribution is 2.21. The minimum absolute atomic E-state index is 0.334. The fraction of sp³-hybridized carbons (Fsp3) is 0.562. The average Bonchev–Trinajstić information content (AvgIpc) is 2.51. The Kier molecular flexibility index (Phi) is 8.97. The standard InChI is InChI=1S/C16H25F2N3O2/c1-4-19-16(21-11-15(17)18)20-10-13-6-5-12(2)9-14(13)23-8-7-22-3/h5-6,9,15H,4,7-8,10-11H2,1-3H3,(H2,19,20,21). The zero-order chi connectivity index (χ0) is 17.1. The van der Waals surface area contributed by atoms with Gasteiger partial charge in [-0.05, 0) is 25.5 Å². The van der Waals surface area contributed by atoms with E-state index in [1.165, 1.54) is 0 Å². The Morgan fingerprint density at radius 1 is 1.26 bits per heavy atom. The fourth-order valence-corrected chi connectivity index (χ4v) is 1.84. The van der Waals surface area contributed by atoms with Gasteiger partial charge >= 0.3 is 0 Å². The lowest BCUT2D eigenvalue weighted by Crippen LogP contribution is -2.39. The predicted octanol–water partition coefficient (Wildman–Crippen LogP) is 2.34. The topological polar surface area (TPSA) is 54.9 Å². The van der Waals surface area contributed by atoms with Gasteiger partial charge in [0.1, 0.15) is 12.4 Å². The van der Waals surface area contributed by atoms with Crippen molar-refractivity contribution in [3.8, 4) is 5.75 Å². The van der Waals surface area contributed by atoms with Gasteiger partial charge in [-0.15, -0.1) is 0 Å². The van der Waals surface area contributed by atoms with Crippen LogP contribution in [0.1, 0.15) is 18.1 Å². The summed E-state index contributed by atoms with van der Waals surface area (Å²) >= 11 is 0. The molecule has 0 spiro atoms. The van der Waals surface area contributed by atoms with Gasteiger partial charge in [0.2, 0.25) is 0 Å². The van der Waals surface area contributed by atoms with Crippen LogP contribution >= 0.6 is 0 Å². The molecule has 130 valence electrons. The van der Waals surface area contributed by atoms with E-state index in [1.807, 2.05) is 32.0 Å². The summed E-state index contributed by atoms with van der Waals surface area (Å²) in [5, 5.41) is 5.54. The zero-order valence-electron chi connectivity index (χ0n) is 13.9. The molecule has 0 aliphatic carbocycles. The molecule has 5 nitrogen and oxygen atoms in total. The van der Waals surface area contributed by atoms with Crippen LogP contribution in [0.15, 0.2) is 23.2 Å². The summed E-state index contributed by atoms with van der Waals surface area (Å²) in [5.74, 6) is 1.09. The molecule has 0 saturated heterocycles. The molecule has 0 radical (unpaired) electrons. The molecule has 1 rings (SSSR count). The predicted molar refractivity (Wildman–Crippen MR) is 87.4 cm³/mol. The summed E-state index contributed by atoms with van der Waals surface area (Å²) < 4.78 is 35.3. The highest BCUT2D eigenvalue weighted by atomic mass is 19.3. The smallest absolute Gasteiger partial charge is 0.255 e. The minimum atomic E-state index is -2.42. The Morgan fingerprint density at radius 2 is 2.04 bits per heavy atom. The second-order valence-electron chi connectivity index (χ2n) is 4.92. The number of aliphatic imine (C=N–C) groups is 1. The van der Waals surface area contributed by atoms with Crippen molar-refractivity contribution >= 4 is 5.96 Å². The molecule has 0 bridgehead atoms. The first kappa shape index (κ1) is 19.2. The van der Waals surface area contributed by atoms with Gasteiger partial charge in [0.15, 0.2) is 5.96 Å². The number of aryl methyl sites for hydroxylation is 1. The lowest BCUT2D eigenvalue weighted by Gasteiger charge is -2.13. The molecule has 0 fully saturated rings. The summed E-state index contributed by atoms with van der Waals surface area (Å²) in [6.45, 7) is 5.29. The van der Waals surface area contributed by atoms with E-state index in [1.54, 1.807) is 7.11 Å². The van der Waals surface area contributed by atoms with Crippen molar-refractivity contribution in [2.24, 2.45) is 4.99 Å². The summed E-state index contributed by atoms with van der Waals surface area (Å²) in [6, 6.07) is 5.82. The largest absolute Gasteiger partial charge is 0.491 e. The van der Waals surface area contributed by atoms with E-state index in [9.17, 15) is 8.78 Å². The first-order chi connectivity index (χ1) is 11.1. The first-order valence-corrected chi connectivity index (χ1v) is 7.58. The number of rotatable bonds is 9. The molecule has 0 unspecified atom stereocenters. The molecular weight excluding hydrogens is 304 g/mol. The van der Waals surface area contributed by atoms with Crippen molar-refractivity contribution in [2.75, 3.05) is 33.4 Å². The molecule has 0 saturated carbocycles. The van der Waals surface area contributed by atoms with E-state index >= 15 is 0 Å². The van der Waals surface area contributed by atoms with E-state index in [2.05, 4.69) is 15.6 Å². The molecule has 1 aromatic rings. The quantitative estimate of drug-likeness (QED) is 0.415. The maximum atomic E-state index is 12.3. The number of nitrogens with zero attached hydrogens (tertiary/aromatic N) is 1. The van der Waals surface area contributed by atoms with E-state index in [0.717, 1.165) is 16.9 Å². The molecule has 1 aromatic carbocycles. The lowest BCUT2D eigenvalue weighted by molar-refractivity contribution is 0.145. The number of halogens is 2. The maximum Gasteiger partial charge on any atom is 0.255 e. The second-order valence-corrected chi connectivity index (χ2v) is 4.92. The first-order valence-electron chi connectivity index (χ1n) is 7.58. The summed E-state index contributed by atoms with van der Waals surface area (Å²) in [6.07, 6.45) is -2.42. The minimum Gasteiger partial charge on any atom is -0.491 e. The Labute approximate surface area is 136 Å². The molecule has 0 atom stereocenters. The highest BCUT2D eigenvalue weighted by molar-refractivity contribution is 5.79. The molecule has 23 heavy (non-hydrogen) atoms. The van der Waals surface area contributed by atoms with Gasteiger partial charge in [0.05, 0.1) is 19.7 Å². The maximum absolute atomic E-state index is 12.3. The number of methoxy groups -OCH3 is 1. The van der Waals surface area contributed by atoms with Crippen LogP contribution in [0.3, 0.4) is 0 Å². The van der Waals surface area contributed by atoms with Crippen LogP contribution in [0.2, 0.25) is 0 Å². The van der Waals surface area contributed by atoms with Gasteiger partial charge in [-0.3, -0.25) is 0 Å². The van der Waals surface area contributed by atoms with Crippen molar-refractivity contribution in [1.82, 2.24) is 10.6 Å². The number of hydrogen-bond acceptors (Lipinski definition) is 3. The SMILES string of the molecule is CCNC(=NCc1ccc(C)cc1OCCOC)NCC(F)F. The molecule has 0 aliphatic heterocycles. The van der Waals surface area contributed by atoms with Crippen molar-refractivity contribution in [3.05, 3.63) is 29.3 Å². The number of alkyl halides is 2. The van der Waals surface area contributed by atoms with Crippen molar-refractivity contribution < 1.29 is 18.3 Å². The van der Waals surface area contributed by atoms with Crippen LogP contribution in [0.5, 0.6) is 5.75 Å². The molecule has 2 N–H and O–H groups in total. The fourth-order valence-electron chi connectivity index (χ4n) is 1.84. The summed E-state index contributed by atoms with van der Waals surface area (Å²) in [4.78, 5) is 4.32. The third-order valence-corrected chi connectivity index (χ3v) is 2.94. The van der Waals surface area contributed by atoms with Crippen LogP contribution in [0.4, 0.5) is 8.78 Å². The number of benzene rings is 1. The highest BCUT2D eigenvalue weighted by Gasteiger charge is 2.07. The van der Waals surface area contributed by atoms with Gasteiger partial charge < -0.3 is 20.1 Å². The third-order valence-electron chi connectivity index (χ3n) is 2.94. The van der Waals surface area contributed by atoms with Crippen LogP contribution in [0.25, 0.3) is 0 Å². The van der Waals surface area contributed by atoms with E-state index < -0.39 is 13.0 Å². The van der Waals surface area contributed by atoms with Gasteiger partial charge in [-0.1, -0.05) is 12.1 Å². The van der Waals surface area contributed by atoms with Gasteiger partial charge in [-0.2, -0.15) is 0 Å². The number of guanidine groups is 1. The molecule has 0 aliphatic rings. The van der Waals surface area contributed by atoms with Crippen LogP contribution < -0.4 is 15.4 Å². The Bertz CT molecular complexity index is 496. The lowest BCUT2D eigenvalue weighted by atomic mass is 10.1. The molecule has 0 heterocycles. The summed E-state index contributed by atoms with van der Waals surface area (Å²) in [5.41, 5.74) is 1.97. The number of nitrogens with one attached hydrogen (secondary N) is 2. The molecular formula is C16H25F2N3O2. The molecule has 0 amide bonds. The Hall–Kier alpha value is -1.89. The normalized spacial score (nSPS) is 11.7. The van der Waals surface area contributed by atoms with Gasteiger partial charge in [-0.25, -0.2) is 13.8 Å². The van der Waals surface area contributed by atoms with E-state index in [-0.39, 0.29) is 0 Å².